The Bertz CT molecular complexity index is 806. The molecule has 1 heterocycles. The molecule has 0 N–H and O–H groups in total. The van der Waals surface area contributed by atoms with Crippen LogP contribution in [0, 0.1) is 0 Å². The van der Waals surface area contributed by atoms with E-state index >= 15 is 0 Å². The lowest BCUT2D eigenvalue weighted by atomic mass is 10.0. The number of carbonyl (C=O) groups excluding carboxylic acids is 1. The van der Waals surface area contributed by atoms with Crippen LogP contribution in [0.3, 0.4) is 0 Å². The Hall–Kier alpha value is -2.54. The van der Waals surface area contributed by atoms with Gasteiger partial charge in [0.05, 0.1) is 0 Å². The molecule has 0 aromatic heterocycles. The van der Waals surface area contributed by atoms with Gasteiger partial charge >= 0.3 is 17.4 Å². The van der Waals surface area contributed by atoms with Crippen molar-refractivity contribution >= 4 is 17.4 Å². The zero-order valence-electron chi connectivity index (χ0n) is 14.2. The fourth-order valence-electron chi connectivity index (χ4n) is 2.50. The maximum atomic E-state index is 12.3. The molecular formula is C18H19NO5S. The van der Waals surface area contributed by atoms with Crippen molar-refractivity contribution in [3.8, 4) is 17.2 Å². The number of hydrogen-bond acceptors (Lipinski definition) is 5. The standard InChI is InChI=1S/C18H19NO5S/c1-18(2)12-13-8-7-11-15(16(13)23-18)22-17(20)19(3)25(21)24-14-9-5-4-6-10-14/h4-11H,12H2,1-3H3. The van der Waals surface area contributed by atoms with Gasteiger partial charge in [0, 0.05) is 19.0 Å². The van der Waals surface area contributed by atoms with Crippen molar-refractivity contribution in [2.24, 2.45) is 0 Å². The van der Waals surface area contributed by atoms with Gasteiger partial charge in [-0.25, -0.2) is 4.79 Å². The maximum absolute atomic E-state index is 12.3. The van der Waals surface area contributed by atoms with Crippen LogP contribution in [0.4, 0.5) is 4.79 Å². The summed E-state index contributed by atoms with van der Waals surface area (Å²) in [5.74, 6) is 1.24. The molecule has 1 amide bonds. The van der Waals surface area contributed by atoms with Gasteiger partial charge in [0.25, 0.3) is 0 Å². The van der Waals surface area contributed by atoms with E-state index in [1.807, 2.05) is 26.0 Å². The summed E-state index contributed by atoms with van der Waals surface area (Å²) in [6.45, 7) is 3.93. The molecule has 0 aliphatic carbocycles. The highest BCUT2D eigenvalue weighted by Crippen LogP contribution is 2.41. The molecular weight excluding hydrogens is 342 g/mol. The molecule has 0 saturated heterocycles. The molecule has 0 saturated carbocycles. The number of rotatable bonds is 4. The minimum atomic E-state index is -2.02. The molecule has 0 spiro atoms. The van der Waals surface area contributed by atoms with Crippen LogP contribution >= 0.6 is 0 Å². The van der Waals surface area contributed by atoms with E-state index in [9.17, 15) is 9.00 Å². The highest BCUT2D eigenvalue weighted by Gasteiger charge is 2.33. The predicted molar refractivity (Wildman–Crippen MR) is 93.9 cm³/mol. The quantitative estimate of drug-likeness (QED) is 0.834. The van der Waals surface area contributed by atoms with Crippen molar-refractivity contribution in [2.45, 2.75) is 25.9 Å². The summed E-state index contributed by atoms with van der Waals surface area (Å²) in [5, 5.41) is 0. The second kappa shape index (κ2) is 6.76. The van der Waals surface area contributed by atoms with E-state index in [0.717, 1.165) is 16.3 Å². The molecule has 25 heavy (non-hydrogen) atoms. The minimum Gasteiger partial charge on any atom is -0.483 e. The molecule has 1 aliphatic rings. The summed E-state index contributed by atoms with van der Waals surface area (Å²) in [7, 11) is 1.34. The van der Waals surface area contributed by atoms with E-state index in [1.54, 1.807) is 36.4 Å². The van der Waals surface area contributed by atoms with Gasteiger partial charge < -0.3 is 13.7 Å². The lowest BCUT2D eigenvalue weighted by molar-refractivity contribution is 0.131. The first-order chi connectivity index (χ1) is 11.9. The van der Waals surface area contributed by atoms with Gasteiger partial charge in [-0.15, -0.1) is 0 Å². The van der Waals surface area contributed by atoms with Gasteiger partial charge in [-0.1, -0.05) is 30.3 Å². The van der Waals surface area contributed by atoms with E-state index < -0.39 is 17.4 Å². The van der Waals surface area contributed by atoms with Crippen LogP contribution in [0.1, 0.15) is 19.4 Å². The summed E-state index contributed by atoms with van der Waals surface area (Å²) in [6, 6.07) is 14.0. The number of hydrogen-bond donors (Lipinski definition) is 0. The average molecular weight is 361 g/mol. The third-order valence-electron chi connectivity index (χ3n) is 3.64. The summed E-state index contributed by atoms with van der Waals surface area (Å²) >= 11 is -2.02. The predicted octanol–water partition coefficient (Wildman–Crippen LogP) is 3.49. The van der Waals surface area contributed by atoms with E-state index in [4.69, 9.17) is 13.7 Å². The Morgan fingerprint density at radius 3 is 2.60 bits per heavy atom. The zero-order valence-corrected chi connectivity index (χ0v) is 15.0. The number of benzene rings is 2. The molecule has 7 heteroatoms. The zero-order chi connectivity index (χ0) is 18.0. The fraction of sp³-hybridized carbons (Fsp3) is 0.278. The Morgan fingerprint density at radius 1 is 1.16 bits per heavy atom. The molecule has 1 atom stereocenters. The Kier molecular flexibility index (Phi) is 4.67. The third kappa shape index (κ3) is 3.93. The van der Waals surface area contributed by atoms with Crippen LogP contribution in [-0.2, 0) is 17.7 Å². The Morgan fingerprint density at radius 2 is 1.88 bits per heavy atom. The minimum absolute atomic E-state index is 0.302. The van der Waals surface area contributed by atoms with E-state index in [0.29, 0.717) is 17.2 Å². The molecule has 2 aromatic rings. The van der Waals surface area contributed by atoms with E-state index in [-0.39, 0.29) is 5.60 Å². The monoisotopic (exact) mass is 361 g/mol. The largest absolute Gasteiger partial charge is 0.483 e. The van der Waals surface area contributed by atoms with Crippen molar-refractivity contribution in [2.75, 3.05) is 7.05 Å². The smallest absolute Gasteiger partial charge is 0.429 e. The Balaban J connectivity index is 1.69. The fourth-order valence-corrected chi connectivity index (χ4v) is 3.05. The SMILES string of the molecule is CN(C(=O)Oc1cccc2c1OC(C)(C)C2)S(=O)Oc1ccccc1. The Labute approximate surface area is 149 Å². The summed E-state index contributed by atoms with van der Waals surface area (Å²) in [4.78, 5) is 12.3. The van der Waals surface area contributed by atoms with Crippen LogP contribution in [-0.4, -0.2) is 27.3 Å². The molecule has 0 fully saturated rings. The van der Waals surface area contributed by atoms with Crippen molar-refractivity contribution in [3.05, 3.63) is 54.1 Å². The lowest BCUT2D eigenvalue weighted by Crippen LogP contribution is -2.34. The van der Waals surface area contributed by atoms with Crippen molar-refractivity contribution in [1.82, 2.24) is 4.31 Å². The first-order valence-electron chi connectivity index (χ1n) is 7.77. The molecule has 0 bridgehead atoms. The van der Waals surface area contributed by atoms with Gasteiger partial charge in [0.2, 0.25) is 0 Å². The van der Waals surface area contributed by atoms with Crippen molar-refractivity contribution in [1.29, 1.82) is 0 Å². The van der Waals surface area contributed by atoms with E-state index in [2.05, 4.69) is 0 Å². The van der Waals surface area contributed by atoms with E-state index in [1.165, 1.54) is 7.05 Å². The number of fused-ring (bicyclic) bond motifs is 1. The summed E-state index contributed by atoms with van der Waals surface area (Å²) < 4.78 is 29.5. The maximum Gasteiger partial charge on any atom is 0.429 e. The number of amides is 1. The summed E-state index contributed by atoms with van der Waals surface area (Å²) in [6.07, 6.45) is -0.0666. The number of nitrogens with zero attached hydrogens (tertiary/aromatic N) is 1. The third-order valence-corrected chi connectivity index (χ3v) is 4.57. The molecule has 2 aromatic carbocycles. The average Bonchev–Trinajstić information content (AvgIpc) is 2.90. The highest BCUT2D eigenvalue weighted by molar-refractivity contribution is 7.78. The van der Waals surface area contributed by atoms with Gasteiger partial charge in [-0.2, -0.15) is 8.51 Å². The topological polar surface area (TPSA) is 65.1 Å². The molecule has 0 radical (unpaired) electrons. The van der Waals surface area contributed by atoms with Crippen LogP contribution < -0.4 is 13.7 Å². The number of para-hydroxylation sites is 2. The molecule has 6 nitrogen and oxygen atoms in total. The van der Waals surface area contributed by atoms with Gasteiger partial charge in [-0.05, 0) is 32.0 Å². The normalized spacial score (nSPS) is 15.6. The summed E-state index contributed by atoms with van der Waals surface area (Å²) in [5.41, 5.74) is 0.621. The second-order valence-electron chi connectivity index (χ2n) is 6.26. The van der Waals surface area contributed by atoms with Crippen molar-refractivity contribution < 1.29 is 22.7 Å². The van der Waals surface area contributed by atoms with Gasteiger partial charge in [0.15, 0.2) is 11.5 Å². The lowest BCUT2D eigenvalue weighted by Gasteiger charge is -2.19. The van der Waals surface area contributed by atoms with Crippen LogP contribution in [0.2, 0.25) is 0 Å². The van der Waals surface area contributed by atoms with Crippen LogP contribution in [0.5, 0.6) is 17.2 Å². The molecule has 1 aliphatic heterocycles. The first kappa shape index (κ1) is 17.3. The van der Waals surface area contributed by atoms with Crippen LogP contribution in [0.25, 0.3) is 0 Å². The van der Waals surface area contributed by atoms with Gasteiger partial charge in [-0.3, -0.25) is 0 Å². The van der Waals surface area contributed by atoms with Crippen molar-refractivity contribution in [3.63, 3.8) is 0 Å². The molecule has 1 unspecified atom stereocenters. The first-order valence-corrected chi connectivity index (χ1v) is 8.81. The number of carbonyl (C=O) groups is 1. The molecule has 132 valence electrons. The number of ether oxygens (including phenoxy) is 2. The van der Waals surface area contributed by atoms with Gasteiger partial charge in [0.1, 0.15) is 11.4 Å². The second-order valence-corrected chi connectivity index (χ2v) is 7.41. The molecule has 3 rings (SSSR count). The highest BCUT2D eigenvalue weighted by atomic mass is 32.2. The van der Waals surface area contributed by atoms with Crippen LogP contribution in [0.15, 0.2) is 48.5 Å².